The Morgan fingerprint density at radius 1 is 1.56 bits per heavy atom. The lowest BCUT2D eigenvalue weighted by Gasteiger charge is -2.22. The smallest absolute Gasteiger partial charge is 0.249 e. The first kappa shape index (κ1) is 13.5. The first-order valence-corrected chi connectivity index (χ1v) is 6.16. The topological polar surface area (TPSA) is 64.3 Å². The Kier molecular flexibility index (Phi) is 5.22. The van der Waals surface area contributed by atoms with Gasteiger partial charge in [0.05, 0.1) is 0 Å². The van der Waals surface area contributed by atoms with Crippen LogP contribution in [0.4, 0.5) is 0 Å². The van der Waals surface area contributed by atoms with Crippen LogP contribution in [0.2, 0.25) is 0 Å². The molecule has 3 atom stereocenters. The molecule has 0 saturated carbocycles. The minimum Gasteiger partial charge on any atom is -0.368 e. The van der Waals surface area contributed by atoms with Crippen molar-refractivity contribution in [3.63, 3.8) is 0 Å². The van der Waals surface area contributed by atoms with Crippen molar-refractivity contribution in [1.29, 1.82) is 0 Å². The lowest BCUT2D eigenvalue weighted by molar-refractivity contribution is -0.132. The molecule has 3 N–H and O–H groups in total. The van der Waals surface area contributed by atoms with Gasteiger partial charge in [0.2, 0.25) is 5.91 Å². The van der Waals surface area contributed by atoms with E-state index in [0.29, 0.717) is 25.0 Å². The van der Waals surface area contributed by atoms with Gasteiger partial charge in [0.25, 0.3) is 0 Å². The summed E-state index contributed by atoms with van der Waals surface area (Å²) in [5.74, 6) is 0.856. The van der Waals surface area contributed by atoms with Crippen LogP contribution in [-0.2, 0) is 9.53 Å². The van der Waals surface area contributed by atoms with Crippen molar-refractivity contribution in [2.24, 2.45) is 17.6 Å². The molecule has 1 rings (SSSR count). The first-order valence-electron chi connectivity index (χ1n) is 6.16. The highest BCUT2D eigenvalue weighted by atomic mass is 16.5. The lowest BCUT2D eigenvalue weighted by atomic mass is 10.0. The lowest BCUT2D eigenvalue weighted by Crippen LogP contribution is -2.46. The third-order valence-corrected chi connectivity index (χ3v) is 3.03. The van der Waals surface area contributed by atoms with Crippen molar-refractivity contribution < 1.29 is 9.53 Å². The van der Waals surface area contributed by atoms with Gasteiger partial charge in [0.15, 0.2) is 0 Å². The highest BCUT2D eigenvalue weighted by Gasteiger charge is 2.31. The average molecular weight is 228 g/mol. The number of amides is 1. The van der Waals surface area contributed by atoms with Crippen LogP contribution in [0.25, 0.3) is 0 Å². The standard InChI is InChI=1S/C12H24N2O2/c1-8(2)6-10(7-13)14-12(15)11-9(3)4-5-16-11/h8-11H,4-7,13H2,1-3H3,(H,14,15). The Balaban J connectivity index is 2.42. The summed E-state index contributed by atoms with van der Waals surface area (Å²) < 4.78 is 5.42. The molecule has 1 amide bonds. The van der Waals surface area contributed by atoms with Crippen molar-refractivity contribution in [2.45, 2.75) is 45.8 Å². The Morgan fingerprint density at radius 2 is 2.25 bits per heavy atom. The average Bonchev–Trinajstić information content (AvgIpc) is 2.62. The summed E-state index contributed by atoms with van der Waals surface area (Å²) in [5.41, 5.74) is 5.65. The molecule has 94 valence electrons. The molecule has 0 radical (unpaired) electrons. The second kappa shape index (κ2) is 6.21. The highest BCUT2D eigenvalue weighted by Crippen LogP contribution is 2.20. The van der Waals surface area contributed by atoms with Crippen LogP contribution in [0.1, 0.15) is 33.6 Å². The summed E-state index contributed by atoms with van der Waals surface area (Å²) in [6.45, 7) is 7.49. The van der Waals surface area contributed by atoms with Crippen molar-refractivity contribution >= 4 is 5.91 Å². The van der Waals surface area contributed by atoms with Crippen LogP contribution >= 0.6 is 0 Å². The fourth-order valence-corrected chi connectivity index (χ4v) is 2.10. The van der Waals surface area contributed by atoms with Gasteiger partial charge < -0.3 is 15.8 Å². The summed E-state index contributed by atoms with van der Waals surface area (Å²) >= 11 is 0. The van der Waals surface area contributed by atoms with Gasteiger partial charge in [0, 0.05) is 19.2 Å². The summed E-state index contributed by atoms with van der Waals surface area (Å²) in [5, 5.41) is 2.98. The molecule has 1 heterocycles. The van der Waals surface area contributed by atoms with E-state index in [9.17, 15) is 4.79 Å². The molecule has 4 nitrogen and oxygen atoms in total. The zero-order valence-electron chi connectivity index (χ0n) is 10.5. The molecule has 4 heteroatoms. The number of rotatable bonds is 5. The van der Waals surface area contributed by atoms with E-state index in [1.807, 2.05) is 0 Å². The van der Waals surface area contributed by atoms with Crippen LogP contribution in [0.5, 0.6) is 0 Å². The van der Waals surface area contributed by atoms with Crippen LogP contribution < -0.4 is 11.1 Å². The number of carbonyl (C=O) groups is 1. The first-order chi connectivity index (χ1) is 7.54. The van der Waals surface area contributed by atoms with E-state index in [0.717, 1.165) is 12.8 Å². The van der Waals surface area contributed by atoms with E-state index in [2.05, 4.69) is 26.1 Å². The third-order valence-electron chi connectivity index (χ3n) is 3.03. The quantitative estimate of drug-likeness (QED) is 0.735. The maximum atomic E-state index is 11.9. The van der Waals surface area contributed by atoms with Crippen LogP contribution in [0.3, 0.4) is 0 Å². The number of nitrogens with one attached hydrogen (secondary N) is 1. The van der Waals surface area contributed by atoms with E-state index in [1.54, 1.807) is 0 Å². The molecule has 0 aliphatic carbocycles. The minimum absolute atomic E-state index is 0.00102. The molecular formula is C12H24N2O2. The fourth-order valence-electron chi connectivity index (χ4n) is 2.10. The normalized spacial score (nSPS) is 27.1. The van der Waals surface area contributed by atoms with Crippen molar-refractivity contribution in [3.8, 4) is 0 Å². The summed E-state index contributed by atoms with van der Waals surface area (Å²) in [4.78, 5) is 11.9. The van der Waals surface area contributed by atoms with Crippen LogP contribution in [-0.4, -0.2) is 31.2 Å². The monoisotopic (exact) mass is 228 g/mol. The molecule has 1 aliphatic rings. The van der Waals surface area contributed by atoms with E-state index >= 15 is 0 Å². The Labute approximate surface area is 97.9 Å². The Morgan fingerprint density at radius 3 is 2.69 bits per heavy atom. The Bertz CT molecular complexity index is 231. The van der Waals surface area contributed by atoms with Gasteiger partial charge in [-0.2, -0.15) is 0 Å². The molecule has 1 aliphatic heterocycles. The summed E-state index contributed by atoms with van der Waals surface area (Å²) in [6.07, 6.45) is 1.61. The van der Waals surface area contributed by atoms with E-state index < -0.39 is 0 Å². The number of hydrogen-bond donors (Lipinski definition) is 2. The van der Waals surface area contributed by atoms with Gasteiger partial charge in [-0.25, -0.2) is 0 Å². The zero-order valence-corrected chi connectivity index (χ0v) is 10.5. The minimum atomic E-state index is -0.277. The number of hydrogen-bond acceptors (Lipinski definition) is 3. The molecule has 3 unspecified atom stereocenters. The fraction of sp³-hybridized carbons (Fsp3) is 0.917. The molecule has 0 bridgehead atoms. The van der Waals surface area contributed by atoms with Crippen LogP contribution in [0.15, 0.2) is 0 Å². The van der Waals surface area contributed by atoms with Crippen molar-refractivity contribution in [3.05, 3.63) is 0 Å². The molecule has 1 saturated heterocycles. The largest absolute Gasteiger partial charge is 0.368 e. The van der Waals surface area contributed by atoms with Gasteiger partial charge in [-0.15, -0.1) is 0 Å². The predicted octanol–water partition coefficient (Wildman–Crippen LogP) is 0.901. The molecule has 16 heavy (non-hydrogen) atoms. The van der Waals surface area contributed by atoms with Gasteiger partial charge in [-0.3, -0.25) is 4.79 Å². The highest BCUT2D eigenvalue weighted by molar-refractivity contribution is 5.81. The second-order valence-electron chi connectivity index (χ2n) is 5.13. The number of nitrogens with two attached hydrogens (primary N) is 1. The molecular weight excluding hydrogens is 204 g/mol. The predicted molar refractivity (Wildman–Crippen MR) is 64.0 cm³/mol. The van der Waals surface area contributed by atoms with Gasteiger partial charge >= 0.3 is 0 Å². The van der Waals surface area contributed by atoms with E-state index in [4.69, 9.17) is 10.5 Å². The maximum absolute atomic E-state index is 11.9. The van der Waals surface area contributed by atoms with Crippen molar-refractivity contribution in [2.75, 3.05) is 13.2 Å². The molecule has 1 fully saturated rings. The zero-order chi connectivity index (χ0) is 12.1. The van der Waals surface area contributed by atoms with Crippen LogP contribution in [0, 0.1) is 11.8 Å². The summed E-state index contributed by atoms with van der Waals surface area (Å²) in [6, 6.07) is 0.0731. The third kappa shape index (κ3) is 3.76. The van der Waals surface area contributed by atoms with E-state index in [1.165, 1.54) is 0 Å². The van der Waals surface area contributed by atoms with Crippen molar-refractivity contribution in [1.82, 2.24) is 5.32 Å². The van der Waals surface area contributed by atoms with Gasteiger partial charge in [-0.05, 0) is 24.7 Å². The summed E-state index contributed by atoms with van der Waals surface area (Å²) in [7, 11) is 0. The maximum Gasteiger partial charge on any atom is 0.249 e. The Hall–Kier alpha value is -0.610. The SMILES string of the molecule is CC(C)CC(CN)NC(=O)C1OCCC1C. The molecule has 0 spiro atoms. The van der Waals surface area contributed by atoms with Gasteiger partial charge in [-0.1, -0.05) is 20.8 Å². The molecule has 0 aromatic rings. The second-order valence-corrected chi connectivity index (χ2v) is 5.13. The van der Waals surface area contributed by atoms with E-state index in [-0.39, 0.29) is 18.1 Å². The molecule has 0 aromatic heterocycles. The van der Waals surface area contributed by atoms with Gasteiger partial charge in [0.1, 0.15) is 6.10 Å². The molecule has 0 aromatic carbocycles. The number of ether oxygens (including phenoxy) is 1. The number of carbonyl (C=O) groups excluding carboxylic acids is 1.